The molecule has 0 bridgehead atoms. The van der Waals surface area contributed by atoms with Crippen molar-refractivity contribution >= 4 is 11.9 Å². The van der Waals surface area contributed by atoms with Crippen LogP contribution in [0.25, 0.3) is 0 Å². The van der Waals surface area contributed by atoms with E-state index in [4.69, 9.17) is 9.47 Å². The van der Waals surface area contributed by atoms with E-state index in [9.17, 15) is 9.59 Å². The van der Waals surface area contributed by atoms with E-state index in [0.29, 0.717) is 19.6 Å². The molecule has 1 saturated heterocycles. The zero-order chi connectivity index (χ0) is 16.1. The number of esters is 1. The Kier molecular flexibility index (Phi) is 3.44. The maximum atomic E-state index is 12.4. The molecule has 1 amide bonds. The maximum absolute atomic E-state index is 12.4. The molecule has 1 saturated carbocycles. The van der Waals surface area contributed by atoms with Gasteiger partial charge in [-0.3, -0.25) is 9.59 Å². The van der Waals surface area contributed by atoms with Crippen molar-refractivity contribution in [1.82, 2.24) is 4.90 Å². The quantitative estimate of drug-likeness (QED) is 0.745. The number of ether oxygens (including phenoxy) is 2. The molecule has 3 rings (SSSR count). The van der Waals surface area contributed by atoms with E-state index in [1.165, 1.54) is 0 Å². The van der Waals surface area contributed by atoms with Gasteiger partial charge in [0.05, 0.1) is 18.1 Å². The van der Waals surface area contributed by atoms with Crippen LogP contribution in [0, 0.1) is 11.3 Å². The van der Waals surface area contributed by atoms with E-state index in [1.807, 2.05) is 26.0 Å². The molecule has 1 spiro atoms. The third kappa shape index (κ3) is 2.10. The first-order valence-electron chi connectivity index (χ1n) is 7.78. The summed E-state index contributed by atoms with van der Waals surface area (Å²) in [4.78, 5) is 26.3. The van der Waals surface area contributed by atoms with Gasteiger partial charge >= 0.3 is 5.97 Å². The summed E-state index contributed by atoms with van der Waals surface area (Å²) in [6.45, 7) is 4.78. The van der Waals surface area contributed by atoms with Crippen LogP contribution in [0.1, 0.15) is 26.7 Å². The number of methoxy groups -OCH3 is 1. The van der Waals surface area contributed by atoms with Crippen molar-refractivity contribution in [3.05, 3.63) is 23.3 Å². The van der Waals surface area contributed by atoms with Gasteiger partial charge in [-0.25, -0.2) is 0 Å². The van der Waals surface area contributed by atoms with Gasteiger partial charge < -0.3 is 14.4 Å². The van der Waals surface area contributed by atoms with Crippen LogP contribution in [0.2, 0.25) is 0 Å². The minimum absolute atomic E-state index is 0.0320. The molecule has 0 radical (unpaired) electrons. The van der Waals surface area contributed by atoms with Gasteiger partial charge in [-0.05, 0) is 38.3 Å². The predicted molar refractivity (Wildman–Crippen MR) is 81.0 cm³/mol. The van der Waals surface area contributed by atoms with Crippen LogP contribution in [0.15, 0.2) is 23.3 Å². The van der Waals surface area contributed by atoms with Gasteiger partial charge in [-0.15, -0.1) is 0 Å². The molecule has 1 aliphatic heterocycles. The van der Waals surface area contributed by atoms with E-state index < -0.39 is 5.60 Å². The third-order valence-corrected chi connectivity index (χ3v) is 5.20. The molecule has 5 heteroatoms. The topological polar surface area (TPSA) is 55.8 Å². The Bertz CT molecular complexity index is 593. The highest BCUT2D eigenvalue weighted by Crippen LogP contribution is 2.63. The largest absolute Gasteiger partial charge is 0.466 e. The average molecular weight is 305 g/mol. The van der Waals surface area contributed by atoms with Crippen molar-refractivity contribution in [3.8, 4) is 0 Å². The van der Waals surface area contributed by atoms with Crippen molar-refractivity contribution in [2.75, 3.05) is 27.3 Å². The lowest BCUT2D eigenvalue weighted by Gasteiger charge is -2.39. The van der Waals surface area contributed by atoms with Crippen molar-refractivity contribution in [2.24, 2.45) is 11.3 Å². The Labute approximate surface area is 130 Å². The van der Waals surface area contributed by atoms with Crippen molar-refractivity contribution in [3.63, 3.8) is 0 Å². The standard InChI is InChI=1S/C17H23NO4/c1-5-22-15(20)13-9-17(13)10-18(3)14(19)11-6-7-16(2,21-4)8-12(11)17/h6,8,13H,5,7,9-10H2,1-4H3. The van der Waals surface area contributed by atoms with Gasteiger partial charge in [-0.2, -0.15) is 0 Å². The second-order valence-electron chi connectivity index (χ2n) is 6.72. The monoisotopic (exact) mass is 305 g/mol. The van der Waals surface area contributed by atoms with Crippen molar-refractivity contribution in [1.29, 1.82) is 0 Å². The number of rotatable bonds is 3. The Morgan fingerprint density at radius 2 is 2.23 bits per heavy atom. The molecule has 1 heterocycles. The molecule has 0 aromatic carbocycles. The lowest BCUT2D eigenvalue weighted by Crippen LogP contribution is -2.45. The van der Waals surface area contributed by atoms with E-state index >= 15 is 0 Å². The van der Waals surface area contributed by atoms with Gasteiger partial charge in [0.2, 0.25) is 0 Å². The van der Waals surface area contributed by atoms with Crippen LogP contribution in [0.3, 0.4) is 0 Å². The molecular weight excluding hydrogens is 282 g/mol. The molecule has 5 nitrogen and oxygen atoms in total. The zero-order valence-electron chi connectivity index (χ0n) is 13.6. The molecule has 0 aromatic heterocycles. The summed E-state index contributed by atoms with van der Waals surface area (Å²) in [6, 6.07) is 0. The Morgan fingerprint density at radius 3 is 2.86 bits per heavy atom. The van der Waals surface area contributed by atoms with Gasteiger partial charge in [-0.1, -0.05) is 6.08 Å². The molecule has 120 valence electrons. The lowest BCUT2D eigenvalue weighted by molar-refractivity contribution is -0.146. The number of hydrogen-bond acceptors (Lipinski definition) is 4. The normalized spacial score (nSPS) is 36.6. The number of likely N-dealkylation sites (tertiary alicyclic amines) is 1. The number of carbonyl (C=O) groups is 2. The first kappa shape index (κ1) is 15.3. The van der Waals surface area contributed by atoms with Crippen LogP contribution in [-0.2, 0) is 19.1 Å². The van der Waals surface area contributed by atoms with Crippen LogP contribution in [0.5, 0.6) is 0 Å². The SMILES string of the molecule is CCOC(=O)C1CC12CN(C)C(=O)C1=CCC(C)(OC)C=C12. The minimum Gasteiger partial charge on any atom is -0.466 e. The number of likely N-dealkylation sites (N-methyl/N-ethyl adjacent to an activating group) is 1. The van der Waals surface area contributed by atoms with E-state index in [1.54, 1.807) is 19.1 Å². The Hall–Kier alpha value is -1.62. The number of amides is 1. The molecule has 0 N–H and O–H groups in total. The fourth-order valence-electron chi connectivity index (χ4n) is 3.73. The fraction of sp³-hybridized carbons (Fsp3) is 0.647. The van der Waals surface area contributed by atoms with E-state index in [2.05, 4.69) is 0 Å². The molecule has 3 atom stereocenters. The number of carbonyl (C=O) groups excluding carboxylic acids is 2. The average Bonchev–Trinajstić information content (AvgIpc) is 3.21. The highest BCUT2D eigenvalue weighted by Gasteiger charge is 2.65. The minimum atomic E-state index is -0.413. The van der Waals surface area contributed by atoms with Crippen molar-refractivity contribution < 1.29 is 19.1 Å². The molecule has 3 aliphatic rings. The third-order valence-electron chi connectivity index (χ3n) is 5.20. The number of nitrogens with zero attached hydrogens (tertiary/aromatic N) is 1. The van der Waals surface area contributed by atoms with Gasteiger partial charge in [0.15, 0.2) is 0 Å². The summed E-state index contributed by atoms with van der Waals surface area (Å²) in [5.74, 6) is -0.281. The number of hydrogen-bond donors (Lipinski definition) is 0. The summed E-state index contributed by atoms with van der Waals surface area (Å²) < 4.78 is 10.8. The highest BCUT2D eigenvalue weighted by atomic mass is 16.5. The van der Waals surface area contributed by atoms with Crippen LogP contribution < -0.4 is 0 Å². The molecule has 2 fully saturated rings. The summed E-state index contributed by atoms with van der Waals surface area (Å²) in [7, 11) is 3.47. The van der Waals surface area contributed by atoms with Gasteiger partial charge in [0.25, 0.3) is 5.91 Å². The van der Waals surface area contributed by atoms with E-state index in [0.717, 1.165) is 17.6 Å². The first-order chi connectivity index (χ1) is 10.4. The second kappa shape index (κ2) is 4.95. The summed E-state index contributed by atoms with van der Waals surface area (Å²) >= 11 is 0. The number of fused-ring (bicyclic) bond motifs is 2. The Balaban J connectivity index is 1.99. The summed E-state index contributed by atoms with van der Waals surface area (Å²) in [5.41, 5.74) is 1.00. The van der Waals surface area contributed by atoms with Gasteiger partial charge in [0.1, 0.15) is 0 Å². The summed E-state index contributed by atoms with van der Waals surface area (Å²) in [5, 5.41) is 0. The number of piperidine rings is 1. The summed E-state index contributed by atoms with van der Waals surface area (Å²) in [6.07, 6.45) is 5.42. The molecular formula is C17H23NO4. The van der Waals surface area contributed by atoms with Crippen LogP contribution >= 0.6 is 0 Å². The van der Waals surface area contributed by atoms with Crippen LogP contribution in [-0.4, -0.2) is 49.7 Å². The smallest absolute Gasteiger partial charge is 0.309 e. The second-order valence-corrected chi connectivity index (χ2v) is 6.72. The highest BCUT2D eigenvalue weighted by molar-refractivity contribution is 6.01. The zero-order valence-corrected chi connectivity index (χ0v) is 13.6. The van der Waals surface area contributed by atoms with Gasteiger partial charge in [0, 0.05) is 31.7 Å². The molecule has 2 aliphatic carbocycles. The first-order valence-corrected chi connectivity index (χ1v) is 7.78. The molecule has 0 aromatic rings. The van der Waals surface area contributed by atoms with Crippen molar-refractivity contribution in [2.45, 2.75) is 32.3 Å². The lowest BCUT2D eigenvalue weighted by atomic mass is 9.76. The Morgan fingerprint density at radius 1 is 1.50 bits per heavy atom. The van der Waals surface area contributed by atoms with Crippen LogP contribution in [0.4, 0.5) is 0 Å². The van der Waals surface area contributed by atoms with E-state index in [-0.39, 0.29) is 23.2 Å². The molecule has 22 heavy (non-hydrogen) atoms. The fourth-order valence-corrected chi connectivity index (χ4v) is 3.73. The predicted octanol–water partition coefficient (Wildman–Crippen LogP) is 1.69. The maximum Gasteiger partial charge on any atom is 0.309 e. The molecule has 3 unspecified atom stereocenters.